The standard InChI is InChI=1S/C28H32N.Ir/c1-18-11-9-10-12-21(18)22-17-29-25(15-19(22)2)20-13-14-23-24(16-20)27(5,6)28(7,8)26(23,3)4;/h9-12,14-17H,1-8H3;/q-1;. The molecule has 1 aliphatic carbocycles. The van der Waals surface area contributed by atoms with Crippen molar-refractivity contribution in [2.45, 2.75) is 66.2 Å². The molecule has 0 unspecified atom stereocenters. The molecule has 1 aliphatic rings. The minimum Gasteiger partial charge on any atom is -0.304 e. The molecule has 1 heterocycles. The Morgan fingerprint density at radius 2 is 1.40 bits per heavy atom. The number of nitrogens with zero attached hydrogens (tertiary/aromatic N) is 1. The molecule has 0 aliphatic heterocycles. The van der Waals surface area contributed by atoms with E-state index in [0.29, 0.717) is 0 Å². The molecule has 1 radical (unpaired) electrons. The van der Waals surface area contributed by atoms with Crippen molar-refractivity contribution in [3.63, 3.8) is 0 Å². The van der Waals surface area contributed by atoms with Crippen molar-refractivity contribution in [3.8, 4) is 22.4 Å². The summed E-state index contributed by atoms with van der Waals surface area (Å²) in [7, 11) is 0. The Morgan fingerprint density at radius 1 is 0.767 bits per heavy atom. The van der Waals surface area contributed by atoms with E-state index in [0.717, 1.165) is 11.3 Å². The zero-order valence-electron chi connectivity index (χ0n) is 19.4. The first kappa shape index (κ1) is 22.9. The van der Waals surface area contributed by atoms with Crippen LogP contribution in [0.5, 0.6) is 0 Å². The van der Waals surface area contributed by atoms with Gasteiger partial charge in [0.15, 0.2) is 0 Å². The number of pyridine rings is 1. The van der Waals surface area contributed by atoms with Gasteiger partial charge >= 0.3 is 0 Å². The first-order valence-corrected chi connectivity index (χ1v) is 10.6. The van der Waals surface area contributed by atoms with Crippen LogP contribution in [-0.4, -0.2) is 4.98 Å². The third kappa shape index (κ3) is 3.12. The Balaban J connectivity index is 0.00000256. The quantitative estimate of drug-likeness (QED) is 0.290. The predicted octanol–water partition coefficient (Wildman–Crippen LogP) is 7.43. The van der Waals surface area contributed by atoms with Gasteiger partial charge in [-0.1, -0.05) is 71.9 Å². The van der Waals surface area contributed by atoms with Crippen LogP contribution in [0.25, 0.3) is 22.4 Å². The second kappa shape index (κ2) is 7.43. The Morgan fingerprint density at radius 3 is 2.03 bits per heavy atom. The second-order valence-corrected chi connectivity index (χ2v) is 10.2. The minimum absolute atomic E-state index is 0. The van der Waals surface area contributed by atoms with Gasteiger partial charge in [-0.2, -0.15) is 0 Å². The van der Waals surface area contributed by atoms with Crippen LogP contribution in [0, 0.1) is 25.3 Å². The molecule has 0 saturated carbocycles. The number of rotatable bonds is 2. The van der Waals surface area contributed by atoms with Crippen molar-refractivity contribution in [1.82, 2.24) is 4.98 Å². The predicted molar refractivity (Wildman–Crippen MR) is 123 cm³/mol. The van der Waals surface area contributed by atoms with Gasteiger partial charge < -0.3 is 4.98 Å². The molecule has 4 rings (SSSR count). The summed E-state index contributed by atoms with van der Waals surface area (Å²) in [6.07, 6.45) is 2.02. The summed E-state index contributed by atoms with van der Waals surface area (Å²) >= 11 is 0. The van der Waals surface area contributed by atoms with Crippen LogP contribution in [-0.2, 0) is 30.9 Å². The molecule has 0 spiro atoms. The zero-order chi connectivity index (χ0) is 21.2. The molecular weight excluding hydrogens is 543 g/mol. The van der Waals surface area contributed by atoms with Gasteiger partial charge in [0.2, 0.25) is 0 Å². The Kier molecular flexibility index (Phi) is 5.68. The number of benzene rings is 2. The van der Waals surface area contributed by atoms with Gasteiger partial charge in [-0.25, -0.2) is 0 Å². The fourth-order valence-electron chi connectivity index (χ4n) is 4.99. The van der Waals surface area contributed by atoms with Crippen molar-refractivity contribution >= 4 is 0 Å². The van der Waals surface area contributed by atoms with Crippen LogP contribution in [0.2, 0.25) is 0 Å². The monoisotopic (exact) mass is 575 g/mol. The molecule has 1 nitrogen and oxygen atoms in total. The maximum atomic E-state index is 4.84. The van der Waals surface area contributed by atoms with Gasteiger partial charge in [-0.3, -0.25) is 0 Å². The van der Waals surface area contributed by atoms with E-state index < -0.39 is 0 Å². The van der Waals surface area contributed by atoms with Gasteiger partial charge in [-0.15, -0.1) is 34.9 Å². The molecular formula is C28H32IrN-. The summed E-state index contributed by atoms with van der Waals surface area (Å²) in [6.45, 7) is 18.6. The molecule has 1 aromatic heterocycles. The summed E-state index contributed by atoms with van der Waals surface area (Å²) in [6, 6.07) is 18.8. The summed E-state index contributed by atoms with van der Waals surface area (Å²) in [5.41, 5.74) is 10.3. The summed E-state index contributed by atoms with van der Waals surface area (Å²) in [4.78, 5) is 4.84. The van der Waals surface area contributed by atoms with E-state index in [4.69, 9.17) is 4.98 Å². The van der Waals surface area contributed by atoms with Crippen molar-refractivity contribution < 1.29 is 20.1 Å². The van der Waals surface area contributed by atoms with Crippen molar-refractivity contribution in [2.24, 2.45) is 5.41 Å². The van der Waals surface area contributed by atoms with E-state index >= 15 is 0 Å². The smallest absolute Gasteiger partial charge is 0.0242 e. The number of hydrogen-bond acceptors (Lipinski definition) is 1. The third-order valence-electron chi connectivity index (χ3n) is 8.24. The molecule has 3 aromatic rings. The van der Waals surface area contributed by atoms with E-state index in [1.54, 1.807) is 0 Å². The van der Waals surface area contributed by atoms with Crippen LogP contribution in [0.3, 0.4) is 0 Å². The fourth-order valence-corrected chi connectivity index (χ4v) is 4.99. The Hall–Kier alpha value is -1.76. The fraction of sp³-hybridized carbons (Fsp3) is 0.393. The molecule has 0 amide bonds. The number of fused-ring (bicyclic) bond motifs is 1. The average molecular weight is 575 g/mol. The molecule has 2 aromatic carbocycles. The first-order chi connectivity index (χ1) is 13.5. The van der Waals surface area contributed by atoms with Crippen LogP contribution in [0.4, 0.5) is 0 Å². The summed E-state index contributed by atoms with van der Waals surface area (Å²) in [5.74, 6) is 0. The van der Waals surface area contributed by atoms with Crippen molar-refractivity contribution in [1.29, 1.82) is 0 Å². The van der Waals surface area contributed by atoms with Crippen molar-refractivity contribution in [2.75, 3.05) is 0 Å². The molecule has 0 saturated heterocycles. The average Bonchev–Trinajstić information content (AvgIpc) is 2.77. The zero-order valence-corrected chi connectivity index (χ0v) is 21.8. The summed E-state index contributed by atoms with van der Waals surface area (Å²) < 4.78 is 0. The van der Waals surface area contributed by atoms with Gasteiger partial charge in [0.1, 0.15) is 0 Å². The molecule has 30 heavy (non-hydrogen) atoms. The van der Waals surface area contributed by atoms with Crippen LogP contribution in [0.1, 0.15) is 63.8 Å². The van der Waals surface area contributed by atoms with Gasteiger partial charge in [0.25, 0.3) is 0 Å². The normalized spacial score (nSPS) is 17.9. The van der Waals surface area contributed by atoms with Crippen LogP contribution in [0.15, 0.2) is 48.7 Å². The number of aryl methyl sites for hydroxylation is 2. The minimum atomic E-state index is 0. The van der Waals surface area contributed by atoms with E-state index in [9.17, 15) is 0 Å². The summed E-state index contributed by atoms with van der Waals surface area (Å²) in [5, 5.41) is 0. The topological polar surface area (TPSA) is 12.9 Å². The maximum Gasteiger partial charge on any atom is 0.0242 e. The molecule has 0 bridgehead atoms. The largest absolute Gasteiger partial charge is 0.304 e. The second-order valence-electron chi connectivity index (χ2n) is 10.2. The van der Waals surface area contributed by atoms with E-state index in [2.05, 4.69) is 104 Å². The SMILES string of the molecule is Cc1ccccc1-c1cnc(-c2[c-]cc3c(c2)C(C)(C)C(C)(C)C3(C)C)cc1C.[Ir]. The number of aromatic nitrogens is 1. The van der Waals surface area contributed by atoms with E-state index in [1.807, 2.05) is 6.20 Å². The van der Waals surface area contributed by atoms with Gasteiger partial charge in [0.05, 0.1) is 0 Å². The molecule has 0 N–H and O–H groups in total. The van der Waals surface area contributed by atoms with Crippen molar-refractivity contribution in [3.05, 3.63) is 77.0 Å². The molecule has 0 atom stereocenters. The van der Waals surface area contributed by atoms with Gasteiger partial charge in [0, 0.05) is 31.9 Å². The van der Waals surface area contributed by atoms with E-state index in [1.165, 1.54) is 33.4 Å². The Bertz CT molecular complexity index is 1110. The number of hydrogen-bond donors (Lipinski definition) is 0. The maximum absolute atomic E-state index is 4.84. The third-order valence-corrected chi connectivity index (χ3v) is 8.24. The van der Waals surface area contributed by atoms with Crippen LogP contribution >= 0.6 is 0 Å². The molecule has 2 heteroatoms. The molecule has 159 valence electrons. The molecule has 0 fully saturated rings. The Labute approximate surface area is 195 Å². The van der Waals surface area contributed by atoms with E-state index in [-0.39, 0.29) is 36.4 Å². The first-order valence-electron chi connectivity index (χ1n) is 10.6. The van der Waals surface area contributed by atoms with Gasteiger partial charge in [-0.05, 0) is 52.5 Å². The van der Waals surface area contributed by atoms with Crippen LogP contribution < -0.4 is 0 Å².